The molecular formula is C31H31ClO2. The molecule has 1 N–H and O–H groups in total. The Hall–Kier alpha value is -3.10. The van der Waals surface area contributed by atoms with Crippen LogP contribution in [0.15, 0.2) is 84.9 Å². The van der Waals surface area contributed by atoms with Gasteiger partial charge in [-0.1, -0.05) is 85.8 Å². The Morgan fingerprint density at radius 2 is 1.71 bits per heavy atom. The first kappa shape index (κ1) is 24.0. The predicted molar refractivity (Wildman–Crippen MR) is 142 cm³/mol. The van der Waals surface area contributed by atoms with E-state index >= 15 is 0 Å². The molecule has 4 aromatic rings. The number of hydrogen-bond donors (Lipinski definition) is 1. The van der Waals surface area contributed by atoms with Gasteiger partial charge in [0.1, 0.15) is 0 Å². The highest BCUT2D eigenvalue weighted by Crippen LogP contribution is 2.43. The molecule has 2 nitrogen and oxygen atoms in total. The molecule has 0 spiro atoms. The van der Waals surface area contributed by atoms with E-state index in [1.54, 1.807) is 6.07 Å². The zero-order valence-electron chi connectivity index (χ0n) is 19.7. The van der Waals surface area contributed by atoms with Crippen LogP contribution >= 0.6 is 12.4 Å². The lowest BCUT2D eigenvalue weighted by molar-refractivity contribution is 0.0696. The van der Waals surface area contributed by atoms with Crippen molar-refractivity contribution in [2.24, 2.45) is 5.92 Å². The number of aromatic carboxylic acids is 1. The van der Waals surface area contributed by atoms with Gasteiger partial charge in [0.2, 0.25) is 0 Å². The third-order valence-electron chi connectivity index (χ3n) is 7.43. The fourth-order valence-electron chi connectivity index (χ4n) is 5.86. The van der Waals surface area contributed by atoms with E-state index in [0.29, 0.717) is 23.3 Å². The molecule has 2 unspecified atom stereocenters. The summed E-state index contributed by atoms with van der Waals surface area (Å²) in [4.78, 5) is 11.5. The second-order valence-electron chi connectivity index (χ2n) is 9.64. The summed E-state index contributed by atoms with van der Waals surface area (Å²) in [5.74, 6) is 0.507. The molecule has 174 valence electrons. The zero-order chi connectivity index (χ0) is 22.9. The van der Waals surface area contributed by atoms with Crippen LogP contribution in [0.4, 0.5) is 0 Å². The summed E-state index contributed by atoms with van der Waals surface area (Å²) in [7, 11) is 0. The number of fused-ring (bicyclic) bond motifs is 2. The van der Waals surface area contributed by atoms with Gasteiger partial charge < -0.3 is 5.11 Å². The van der Waals surface area contributed by atoms with Crippen molar-refractivity contribution in [3.63, 3.8) is 0 Å². The van der Waals surface area contributed by atoms with Crippen LogP contribution in [-0.4, -0.2) is 11.1 Å². The Kier molecular flexibility index (Phi) is 7.09. The van der Waals surface area contributed by atoms with Crippen molar-refractivity contribution in [3.8, 4) is 0 Å². The normalized spacial score (nSPS) is 18.1. The van der Waals surface area contributed by atoms with Crippen molar-refractivity contribution in [3.05, 3.63) is 118 Å². The maximum atomic E-state index is 11.5. The first-order valence-electron chi connectivity index (χ1n) is 11.9. The lowest BCUT2D eigenvalue weighted by atomic mass is 9.71. The molecule has 0 amide bonds. The van der Waals surface area contributed by atoms with Crippen LogP contribution in [-0.2, 0) is 6.42 Å². The van der Waals surface area contributed by atoms with Gasteiger partial charge in [0.25, 0.3) is 0 Å². The van der Waals surface area contributed by atoms with E-state index in [1.807, 2.05) is 13.0 Å². The highest BCUT2D eigenvalue weighted by molar-refractivity contribution is 5.89. The van der Waals surface area contributed by atoms with Crippen LogP contribution in [0.5, 0.6) is 0 Å². The van der Waals surface area contributed by atoms with Crippen LogP contribution in [0.3, 0.4) is 0 Å². The molecule has 34 heavy (non-hydrogen) atoms. The average molecular weight is 471 g/mol. The fraction of sp³-hybridized carbons (Fsp3) is 0.258. The maximum Gasteiger partial charge on any atom is 0.335 e. The van der Waals surface area contributed by atoms with E-state index in [-0.39, 0.29) is 12.4 Å². The molecule has 0 saturated heterocycles. The molecule has 3 atom stereocenters. The van der Waals surface area contributed by atoms with Gasteiger partial charge in [0.15, 0.2) is 0 Å². The summed E-state index contributed by atoms with van der Waals surface area (Å²) in [6.45, 7) is 4.27. The zero-order valence-corrected chi connectivity index (χ0v) is 20.5. The van der Waals surface area contributed by atoms with Crippen LogP contribution in [0.2, 0.25) is 0 Å². The molecule has 0 aliphatic heterocycles. The highest BCUT2D eigenvalue weighted by atomic mass is 35.5. The predicted octanol–water partition coefficient (Wildman–Crippen LogP) is 8.16. The summed E-state index contributed by atoms with van der Waals surface area (Å²) in [5.41, 5.74) is 6.73. The molecule has 5 rings (SSSR count). The number of benzene rings is 4. The molecule has 1 aliphatic carbocycles. The Morgan fingerprint density at radius 3 is 2.50 bits per heavy atom. The van der Waals surface area contributed by atoms with E-state index in [2.05, 4.69) is 79.7 Å². The third kappa shape index (κ3) is 4.60. The topological polar surface area (TPSA) is 37.3 Å². The van der Waals surface area contributed by atoms with Crippen molar-refractivity contribution in [2.45, 2.75) is 44.9 Å². The second kappa shape index (κ2) is 10.0. The number of halogens is 1. The van der Waals surface area contributed by atoms with Crippen LogP contribution < -0.4 is 0 Å². The Bertz CT molecular complexity index is 1320. The van der Waals surface area contributed by atoms with Crippen LogP contribution in [0.1, 0.15) is 69.8 Å². The molecule has 0 saturated carbocycles. The first-order valence-corrected chi connectivity index (χ1v) is 11.9. The minimum Gasteiger partial charge on any atom is -0.478 e. The summed E-state index contributed by atoms with van der Waals surface area (Å²) in [6, 6.07) is 30.0. The summed E-state index contributed by atoms with van der Waals surface area (Å²) in [5, 5.41) is 12.1. The summed E-state index contributed by atoms with van der Waals surface area (Å²) < 4.78 is 0. The largest absolute Gasteiger partial charge is 0.478 e. The summed E-state index contributed by atoms with van der Waals surface area (Å²) >= 11 is 0. The molecular weight excluding hydrogens is 440 g/mol. The Balaban J connectivity index is 0.00000274. The van der Waals surface area contributed by atoms with Gasteiger partial charge in [-0.25, -0.2) is 4.79 Å². The maximum absolute atomic E-state index is 11.5. The van der Waals surface area contributed by atoms with Gasteiger partial charge in [0, 0.05) is 5.92 Å². The fourth-order valence-corrected chi connectivity index (χ4v) is 5.86. The van der Waals surface area contributed by atoms with Crippen molar-refractivity contribution in [2.75, 3.05) is 0 Å². The average Bonchev–Trinajstić information content (AvgIpc) is 2.82. The second-order valence-corrected chi connectivity index (χ2v) is 9.64. The molecule has 0 fully saturated rings. The number of carboxylic acids is 1. The van der Waals surface area contributed by atoms with Crippen molar-refractivity contribution < 1.29 is 9.90 Å². The van der Waals surface area contributed by atoms with Crippen LogP contribution in [0.25, 0.3) is 10.8 Å². The van der Waals surface area contributed by atoms with Gasteiger partial charge >= 0.3 is 5.97 Å². The van der Waals surface area contributed by atoms with E-state index in [9.17, 15) is 9.90 Å². The van der Waals surface area contributed by atoms with Gasteiger partial charge in [0.05, 0.1) is 5.56 Å². The van der Waals surface area contributed by atoms with Gasteiger partial charge in [-0.3, -0.25) is 0 Å². The smallest absolute Gasteiger partial charge is 0.335 e. The van der Waals surface area contributed by atoms with Gasteiger partial charge in [-0.2, -0.15) is 0 Å². The van der Waals surface area contributed by atoms with E-state index < -0.39 is 5.97 Å². The molecule has 1 aliphatic rings. The highest BCUT2D eigenvalue weighted by Gasteiger charge is 2.29. The summed E-state index contributed by atoms with van der Waals surface area (Å²) in [6.07, 6.45) is 3.34. The van der Waals surface area contributed by atoms with Gasteiger partial charge in [-0.15, -0.1) is 12.4 Å². The van der Waals surface area contributed by atoms with E-state index in [0.717, 1.165) is 24.8 Å². The number of carbonyl (C=O) groups is 1. The molecule has 0 aromatic heterocycles. The standard InChI is InChI=1S/C31H30O2.ClH/c1-20(26-13-7-10-23-8-3-5-11-28(23)26)16-22-18-24-9-4-6-12-29(24)30(19-22)25-14-15-27(31(32)33)21(2)17-25;/h3-15,17,20,22,30H,16,18-19H2,1-2H3,(H,32,33);1H/t20-,22?,30?;/m0./s1. The minimum atomic E-state index is -0.857. The SMILES string of the molecule is Cc1cc(C2CC(C[C@H](C)c3cccc4ccccc34)Cc3ccccc32)ccc1C(=O)O.Cl. The molecule has 3 heteroatoms. The molecule has 0 radical (unpaired) electrons. The van der Waals surface area contributed by atoms with Crippen LogP contribution in [0, 0.1) is 12.8 Å². The lowest BCUT2D eigenvalue weighted by Gasteiger charge is -2.34. The third-order valence-corrected chi connectivity index (χ3v) is 7.43. The van der Waals surface area contributed by atoms with Gasteiger partial charge in [-0.05, 0) is 82.7 Å². The number of rotatable bonds is 5. The van der Waals surface area contributed by atoms with E-state index in [4.69, 9.17) is 0 Å². The van der Waals surface area contributed by atoms with Crippen molar-refractivity contribution in [1.82, 2.24) is 0 Å². The molecule has 4 aromatic carbocycles. The Labute approximate surface area is 208 Å². The van der Waals surface area contributed by atoms with E-state index in [1.165, 1.54) is 33.0 Å². The van der Waals surface area contributed by atoms with Crippen molar-refractivity contribution in [1.29, 1.82) is 0 Å². The Morgan fingerprint density at radius 1 is 0.971 bits per heavy atom. The van der Waals surface area contributed by atoms with Crippen molar-refractivity contribution >= 4 is 29.1 Å². The molecule has 0 bridgehead atoms. The number of aryl methyl sites for hydroxylation is 1. The first-order chi connectivity index (χ1) is 16.0. The molecule has 0 heterocycles. The number of hydrogen-bond acceptors (Lipinski definition) is 1. The minimum absolute atomic E-state index is 0. The number of carboxylic acid groups (broad SMARTS) is 1. The lowest BCUT2D eigenvalue weighted by Crippen LogP contribution is -2.21. The monoisotopic (exact) mass is 470 g/mol. The quantitative estimate of drug-likeness (QED) is 0.319.